The molecule has 0 aliphatic rings. The molecule has 0 radical (unpaired) electrons. The minimum Gasteiger partial charge on any atom is -0.406 e. The third kappa shape index (κ3) is 3.35. The molecule has 0 unspecified atom stereocenters. The molecule has 1 aromatic heterocycles. The molecule has 0 saturated heterocycles. The standard InChI is InChI=1S/C12H8ClF3N2O/c1-7-10(17-6-18-11(7)13)8-3-2-4-9(5-8)19-12(14,15)16/h2-6H,1H3. The molecule has 0 aliphatic carbocycles. The van der Waals surface area contributed by atoms with Crippen molar-refractivity contribution in [3.63, 3.8) is 0 Å². The van der Waals surface area contributed by atoms with Crippen molar-refractivity contribution >= 4 is 11.6 Å². The minimum atomic E-state index is -4.73. The molecule has 0 aliphatic heterocycles. The lowest BCUT2D eigenvalue weighted by Crippen LogP contribution is -2.17. The molecule has 1 aromatic carbocycles. The zero-order valence-corrected chi connectivity index (χ0v) is 10.5. The Balaban J connectivity index is 2.41. The van der Waals surface area contributed by atoms with Crippen LogP contribution in [0.25, 0.3) is 11.3 Å². The zero-order valence-electron chi connectivity index (χ0n) is 9.70. The van der Waals surface area contributed by atoms with Gasteiger partial charge in [0.2, 0.25) is 0 Å². The summed E-state index contributed by atoms with van der Waals surface area (Å²) in [6.45, 7) is 1.69. The third-order valence-corrected chi connectivity index (χ3v) is 2.74. The van der Waals surface area contributed by atoms with Crippen LogP contribution in [0.2, 0.25) is 5.15 Å². The normalized spacial score (nSPS) is 11.4. The first-order chi connectivity index (χ1) is 8.87. The summed E-state index contributed by atoms with van der Waals surface area (Å²) in [6.07, 6.45) is -3.47. The average molecular weight is 289 g/mol. The Bertz CT molecular complexity index is 602. The Morgan fingerprint density at radius 2 is 1.95 bits per heavy atom. The van der Waals surface area contributed by atoms with Crippen molar-refractivity contribution in [3.05, 3.63) is 41.3 Å². The Hall–Kier alpha value is -1.82. The third-order valence-electron chi connectivity index (χ3n) is 2.36. The van der Waals surface area contributed by atoms with Crippen LogP contribution >= 0.6 is 11.6 Å². The van der Waals surface area contributed by atoms with Gasteiger partial charge in [-0.1, -0.05) is 23.7 Å². The molecule has 2 aromatic rings. The maximum Gasteiger partial charge on any atom is 0.573 e. The van der Waals surface area contributed by atoms with E-state index in [4.69, 9.17) is 11.6 Å². The topological polar surface area (TPSA) is 35.0 Å². The van der Waals surface area contributed by atoms with E-state index in [0.717, 1.165) is 0 Å². The van der Waals surface area contributed by atoms with Crippen molar-refractivity contribution in [2.24, 2.45) is 0 Å². The van der Waals surface area contributed by atoms with Gasteiger partial charge < -0.3 is 4.74 Å². The zero-order chi connectivity index (χ0) is 14.0. The number of benzene rings is 1. The van der Waals surface area contributed by atoms with Gasteiger partial charge in [-0.3, -0.25) is 0 Å². The van der Waals surface area contributed by atoms with Gasteiger partial charge in [0.1, 0.15) is 17.2 Å². The molecule has 0 N–H and O–H groups in total. The maximum atomic E-state index is 12.1. The number of hydrogen-bond donors (Lipinski definition) is 0. The summed E-state index contributed by atoms with van der Waals surface area (Å²) in [6, 6.07) is 5.54. The van der Waals surface area contributed by atoms with Crippen molar-refractivity contribution in [2.45, 2.75) is 13.3 Å². The Morgan fingerprint density at radius 3 is 2.63 bits per heavy atom. The van der Waals surface area contributed by atoms with Gasteiger partial charge in [-0.15, -0.1) is 13.2 Å². The van der Waals surface area contributed by atoms with Crippen LogP contribution in [-0.4, -0.2) is 16.3 Å². The molecule has 7 heteroatoms. The van der Waals surface area contributed by atoms with Crippen LogP contribution in [0.3, 0.4) is 0 Å². The summed E-state index contributed by atoms with van der Waals surface area (Å²) in [4.78, 5) is 7.80. The van der Waals surface area contributed by atoms with Gasteiger partial charge in [0, 0.05) is 11.1 Å². The molecule has 3 nitrogen and oxygen atoms in total. The summed E-state index contributed by atoms with van der Waals surface area (Å²) in [7, 11) is 0. The van der Waals surface area contributed by atoms with Crippen LogP contribution in [0.1, 0.15) is 5.56 Å². The van der Waals surface area contributed by atoms with Crippen LogP contribution in [0.15, 0.2) is 30.6 Å². The average Bonchev–Trinajstić information content (AvgIpc) is 2.31. The molecule has 2 rings (SSSR count). The number of alkyl halides is 3. The predicted octanol–water partition coefficient (Wildman–Crippen LogP) is 4.00. The molecule has 0 atom stereocenters. The highest BCUT2D eigenvalue weighted by Crippen LogP contribution is 2.29. The van der Waals surface area contributed by atoms with E-state index < -0.39 is 6.36 Å². The molecule has 19 heavy (non-hydrogen) atoms. The van der Waals surface area contributed by atoms with E-state index in [0.29, 0.717) is 16.8 Å². The highest BCUT2D eigenvalue weighted by Gasteiger charge is 2.31. The fraction of sp³-hybridized carbons (Fsp3) is 0.167. The van der Waals surface area contributed by atoms with E-state index >= 15 is 0 Å². The predicted molar refractivity (Wildman–Crippen MR) is 63.9 cm³/mol. The molecule has 0 spiro atoms. The second kappa shape index (κ2) is 5.05. The number of nitrogens with zero attached hydrogens (tertiary/aromatic N) is 2. The second-order valence-electron chi connectivity index (χ2n) is 3.71. The smallest absolute Gasteiger partial charge is 0.406 e. The van der Waals surface area contributed by atoms with Crippen LogP contribution in [-0.2, 0) is 0 Å². The van der Waals surface area contributed by atoms with Gasteiger partial charge >= 0.3 is 6.36 Å². The monoisotopic (exact) mass is 288 g/mol. The van der Waals surface area contributed by atoms with Crippen LogP contribution in [0, 0.1) is 6.92 Å². The molecule has 0 fully saturated rings. The Morgan fingerprint density at radius 1 is 1.21 bits per heavy atom. The van der Waals surface area contributed by atoms with Gasteiger partial charge in [0.15, 0.2) is 0 Å². The summed E-state index contributed by atoms with van der Waals surface area (Å²) in [5, 5.41) is 0.257. The van der Waals surface area contributed by atoms with Crippen molar-refractivity contribution in [1.29, 1.82) is 0 Å². The summed E-state index contributed by atoms with van der Waals surface area (Å²) < 4.78 is 40.3. The molecule has 1 heterocycles. The maximum absolute atomic E-state index is 12.1. The molecular formula is C12H8ClF3N2O. The quantitative estimate of drug-likeness (QED) is 0.783. The van der Waals surface area contributed by atoms with Gasteiger partial charge in [0.25, 0.3) is 0 Å². The lowest BCUT2D eigenvalue weighted by molar-refractivity contribution is -0.274. The largest absolute Gasteiger partial charge is 0.573 e. The van der Waals surface area contributed by atoms with Gasteiger partial charge in [-0.25, -0.2) is 9.97 Å². The van der Waals surface area contributed by atoms with E-state index in [-0.39, 0.29) is 10.9 Å². The Kier molecular flexibility index (Phi) is 3.61. The summed E-state index contributed by atoms with van der Waals surface area (Å²) in [5.41, 5.74) is 1.53. The number of ether oxygens (including phenoxy) is 1. The Labute approximate surface area is 112 Å². The van der Waals surface area contributed by atoms with Gasteiger partial charge in [-0.05, 0) is 19.1 Å². The number of hydrogen-bond acceptors (Lipinski definition) is 3. The molecular weight excluding hydrogens is 281 g/mol. The second-order valence-corrected chi connectivity index (χ2v) is 4.07. The first-order valence-corrected chi connectivity index (χ1v) is 5.58. The van der Waals surface area contributed by atoms with Gasteiger partial charge in [0.05, 0.1) is 5.69 Å². The highest BCUT2D eigenvalue weighted by molar-refractivity contribution is 6.30. The highest BCUT2D eigenvalue weighted by atomic mass is 35.5. The van der Waals surface area contributed by atoms with E-state index in [1.165, 1.54) is 24.5 Å². The van der Waals surface area contributed by atoms with Crippen LogP contribution in [0.4, 0.5) is 13.2 Å². The van der Waals surface area contributed by atoms with Crippen LogP contribution < -0.4 is 4.74 Å². The van der Waals surface area contributed by atoms with E-state index in [1.807, 2.05) is 0 Å². The van der Waals surface area contributed by atoms with Crippen molar-refractivity contribution in [2.75, 3.05) is 0 Å². The fourth-order valence-corrected chi connectivity index (χ4v) is 1.69. The molecule has 0 saturated carbocycles. The first-order valence-electron chi connectivity index (χ1n) is 5.20. The van der Waals surface area contributed by atoms with Crippen molar-refractivity contribution < 1.29 is 17.9 Å². The first kappa shape index (κ1) is 13.6. The summed E-state index contributed by atoms with van der Waals surface area (Å²) >= 11 is 5.85. The van der Waals surface area contributed by atoms with E-state index in [2.05, 4.69) is 14.7 Å². The van der Waals surface area contributed by atoms with Crippen molar-refractivity contribution in [3.8, 4) is 17.0 Å². The lowest BCUT2D eigenvalue weighted by Gasteiger charge is -2.11. The van der Waals surface area contributed by atoms with Crippen LogP contribution in [0.5, 0.6) is 5.75 Å². The number of halogens is 4. The SMILES string of the molecule is Cc1c(Cl)ncnc1-c1cccc(OC(F)(F)F)c1. The molecule has 0 amide bonds. The molecule has 0 bridgehead atoms. The van der Waals surface area contributed by atoms with Gasteiger partial charge in [-0.2, -0.15) is 0 Å². The lowest BCUT2D eigenvalue weighted by atomic mass is 10.1. The number of aromatic nitrogens is 2. The van der Waals surface area contributed by atoms with Crippen molar-refractivity contribution in [1.82, 2.24) is 9.97 Å². The van der Waals surface area contributed by atoms with E-state index in [9.17, 15) is 13.2 Å². The summed E-state index contributed by atoms with van der Waals surface area (Å²) in [5.74, 6) is -0.306. The fourth-order valence-electron chi connectivity index (χ4n) is 1.56. The van der Waals surface area contributed by atoms with E-state index in [1.54, 1.807) is 13.0 Å². The molecule has 100 valence electrons. The number of rotatable bonds is 2. The minimum absolute atomic E-state index is 0.257.